The van der Waals surface area contributed by atoms with E-state index in [-0.39, 0.29) is 17.1 Å². The van der Waals surface area contributed by atoms with E-state index in [1.807, 2.05) is 37.3 Å². The largest absolute Gasteiger partial charge is 0.375 e. The summed E-state index contributed by atoms with van der Waals surface area (Å²) in [5.41, 5.74) is 0.815. The van der Waals surface area contributed by atoms with Gasteiger partial charge in [-0.15, -0.1) is 0 Å². The van der Waals surface area contributed by atoms with Gasteiger partial charge in [0.1, 0.15) is 0 Å². The molecule has 130 valence electrons. The van der Waals surface area contributed by atoms with Gasteiger partial charge in [0.05, 0.1) is 30.3 Å². The molecule has 1 saturated heterocycles. The Morgan fingerprint density at radius 3 is 2.52 bits per heavy atom. The molecule has 1 aromatic carbocycles. The Balaban J connectivity index is 1.67. The highest BCUT2D eigenvalue weighted by Gasteiger charge is 2.37. The van der Waals surface area contributed by atoms with E-state index in [9.17, 15) is 8.42 Å². The SMILES string of the molecule is CCOC1(CNCCOCc2ccccc2)CCS(=O)(=O)CC1. The van der Waals surface area contributed by atoms with Gasteiger partial charge in [-0.3, -0.25) is 0 Å². The van der Waals surface area contributed by atoms with Crippen LogP contribution in [-0.4, -0.2) is 51.8 Å². The van der Waals surface area contributed by atoms with Crippen LogP contribution in [0.5, 0.6) is 0 Å². The fourth-order valence-corrected chi connectivity index (χ4v) is 4.38. The third-order valence-electron chi connectivity index (χ3n) is 4.17. The van der Waals surface area contributed by atoms with Crippen LogP contribution in [0.3, 0.4) is 0 Å². The topological polar surface area (TPSA) is 64.6 Å². The maximum Gasteiger partial charge on any atom is 0.150 e. The number of hydrogen-bond donors (Lipinski definition) is 1. The summed E-state index contributed by atoms with van der Waals surface area (Å²) < 4.78 is 34.7. The molecule has 0 atom stereocenters. The second-order valence-corrected chi connectivity index (χ2v) is 8.29. The molecule has 0 radical (unpaired) electrons. The molecule has 0 unspecified atom stereocenters. The number of benzene rings is 1. The summed E-state index contributed by atoms with van der Waals surface area (Å²) in [6.07, 6.45) is 1.14. The highest BCUT2D eigenvalue weighted by atomic mass is 32.2. The number of hydrogen-bond acceptors (Lipinski definition) is 5. The molecule has 0 aliphatic carbocycles. The highest BCUT2D eigenvalue weighted by molar-refractivity contribution is 7.91. The molecule has 1 fully saturated rings. The fraction of sp³-hybridized carbons (Fsp3) is 0.647. The first-order chi connectivity index (χ1) is 11.1. The minimum atomic E-state index is -2.87. The minimum absolute atomic E-state index is 0.221. The molecule has 5 nitrogen and oxygen atoms in total. The van der Waals surface area contributed by atoms with E-state index in [4.69, 9.17) is 9.47 Å². The Morgan fingerprint density at radius 2 is 1.87 bits per heavy atom. The zero-order valence-electron chi connectivity index (χ0n) is 13.8. The van der Waals surface area contributed by atoms with E-state index in [1.165, 1.54) is 0 Å². The molecule has 0 bridgehead atoms. The summed E-state index contributed by atoms with van der Waals surface area (Å²) >= 11 is 0. The average Bonchev–Trinajstić information content (AvgIpc) is 2.55. The Morgan fingerprint density at radius 1 is 1.17 bits per heavy atom. The summed E-state index contributed by atoms with van der Waals surface area (Å²) in [7, 11) is -2.87. The van der Waals surface area contributed by atoms with Crippen molar-refractivity contribution in [2.75, 3.05) is 37.8 Å². The van der Waals surface area contributed by atoms with Crippen LogP contribution in [0.25, 0.3) is 0 Å². The maximum atomic E-state index is 11.6. The highest BCUT2D eigenvalue weighted by Crippen LogP contribution is 2.27. The van der Waals surface area contributed by atoms with Gasteiger partial charge in [-0.05, 0) is 25.3 Å². The van der Waals surface area contributed by atoms with E-state index < -0.39 is 9.84 Å². The molecule has 0 aromatic heterocycles. The first-order valence-corrected chi connectivity index (χ1v) is 10.0. The Kier molecular flexibility index (Phi) is 7.02. The van der Waals surface area contributed by atoms with Gasteiger partial charge in [-0.1, -0.05) is 30.3 Å². The normalized spacial score (nSPS) is 19.5. The lowest BCUT2D eigenvalue weighted by atomic mass is 9.96. The van der Waals surface area contributed by atoms with Crippen LogP contribution in [-0.2, 0) is 25.9 Å². The molecular formula is C17H27NO4S. The van der Waals surface area contributed by atoms with Crippen LogP contribution < -0.4 is 5.32 Å². The van der Waals surface area contributed by atoms with Crippen molar-refractivity contribution in [2.24, 2.45) is 0 Å². The van der Waals surface area contributed by atoms with Gasteiger partial charge >= 0.3 is 0 Å². The van der Waals surface area contributed by atoms with Crippen molar-refractivity contribution < 1.29 is 17.9 Å². The molecule has 2 rings (SSSR count). The van der Waals surface area contributed by atoms with Crippen molar-refractivity contribution in [3.63, 3.8) is 0 Å². The Bertz CT molecular complexity index is 545. The van der Waals surface area contributed by atoms with E-state index >= 15 is 0 Å². The van der Waals surface area contributed by atoms with Crippen LogP contribution in [0, 0.1) is 0 Å². The lowest BCUT2D eigenvalue weighted by Gasteiger charge is -2.37. The molecule has 1 aromatic rings. The van der Waals surface area contributed by atoms with Gasteiger partial charge in [0.15, 0.2) is 9.84 Å². The van der Waals surface area contributed by atoms with Gasteiger partial charge in [0.25, 0.3) is 0 Å². The second-order valence-electron chi connectivity index (χ2n) is 5.98. The van der Waals surface area contributed by atoms with Crippen molar-refractivity contribution in [2.45, 2.75) is 32.0 Å². The van der Waals surface area contributed by atoms with Gasteiger partial charge in [0.2, 0.25) is 0 Å². The summed E-state index contributed by atoms with van der Waals surface area (Å²) in [5, 5.41) is 3.35. The Hall–Kier alpha value is -0.950. The van der Waals surface area contributed by atoms with Crippen molar-refractivity contribution in [3.05, 3.63) is 35.9 Å². The zero-order valence-corrected chi connectivity index (χ0v) is 14.6. The van der Waals surface area contributed by atoms with Crippen molar-refractivity contribution >= 4 is 9.84 Å². The summed E-state index contributed by atoms with van der Waals surface area (Å²) in [4.78, 5) is 0. The second kappa shape index (κ2) is 8.78. The first-order valence-electron chi connectivity index (χ1n) is 8.22. The van der Waals surface area contributed by atoms with Crippen LogP contribution in [0.1, 0.15) is 25.3 Å². The summed E-state index contributed by atoms with van der Waals surface area (Å²) in [6.45, 7) is 5.19. The molecule has 1 aliphatic heterocycles. The summed E-state index contributed by atoms with van der Waals surface area (Å²) in [6, 6.07) is 10.1. The molecule has 1 aliphatic rings. The number of nitrogens with one attached hydrogen (secondary N) is 1. The van der Waals surface area contributed by atoms with E-state index in [0.29, 0.717) is 39.2 Å². The van der Waals surface area contributed by atoms with Crippen molar-refractivity contribution in [1.29, 1.82) is 0 Å². The minimum Gasteiger partial charge on any atom is -0.375 e. The predicted molar refractivity (Wildman–Crippen MR) is 91.2 cm³/mol. The lowest BCUT2D eigenvalue weighted by molar-refractivity contribution is -0.0456. The Labute approximate surface area is 139 Å². The number of ether oxygens (including phenoxy) is 2. The quantitative estimate of drug-likeness (QED) is 0.694. The maximum absolute atomic E-state index is 11.6. The molecule has 6 heteroatoms. The van der Waals surface area contributed by atoms with Gasteiger partial charge in [0, 0.05) is 19.7 Å². The number of sulfone groups is 1. The van der Waals surface area contributed by atoms with Crippen LogP contribution in [0.2, 0.25) is 0 Å². The van der Waals surface area contributed by atoms with Crippen molar-refractivity contribution in [3.8, 4) is 0 Å². The third kappa shape index (κ3) is 6.22. The van der Waals surface area contributed by atoms with Gasteiger partial charge in [-0.25, -0.2) is 8.42 Å². The first kappa shape index (κ1) is 18.4. The fourth-order valence-electron chi connectivity index (χ4n) is 2.81. The molecule has 1 heterocycles. The molecule has 1 N–H and O–H groups in total. The molecular weight excluding hydrogens is 314 g/mol. The standard InChI is InChI=1S/C17H27NO4S/c1-2-22-17(8-12-23(19,20)13-9-17)15-18-10-11-21-14-16-6-4-3-5-7-16/h3-7,18H,2,8-15H2,1H3. The van der Waals surface area contributed by atoms with E-state index in [0.717, 1.165) is 12.1 Å². The summed E-state index contributed by atoms with van der Waals surface area (Å²) in [5.74, 6) is 0.443. The number of rotatable bonds is 9. The van der Waals surface area contributed by atoms with Crippen LogP contribution in [0.4, 0.5) is 0 Å². The lowest BCUT2D eigenvalue weighted by Crippen LogP contribution is -2.49. The van der Waals surface area contributed by atoms with Crippen LogP contribution in [0.15, 0.2) is 30.3 Å². The third-order valence-corrected chi connectivity index (χ3v) is 5.82. The van der Waals surface area contributed by atoms with Crippen LogP contribution >= 0.6 is 0 Å². The molecule has 0 saturated carbocycles. The molecule has 0 amide bonds. The van der Waals surface area contributed by atoms with E-state index in [2.05, 4.69) is 5.32 Å². The van der Waals surface area contributed by atoms with E-state index in [1.54, 1.807) is 0 Å². The molecule has 0 spiro atoms. The molecule has 23 heavy (non-hydrogen) atoms. The smallest absolute Gasteiger partial charge is 0.150 e. The van der Waals surface area contributed by atoms with Crippen molar-refractivity contribution in [1.82, 2.24) is 5.32 Å². The van der Waals surface area contributed by atoms with Gasteiger partial charge in [-0.2, -0.15) is 0 Å². The van der Waals surface area contributed by atoms with Gasteiger partial charge < -0.3 is 14.8 Å². The predicted octanol–water partition coefficient (Wildman–Crippen LogP) is 1.78. The monoisotopic (exact) mass is 341 g/mol. The average molecular weight is 341 g/mol. The zero-order chi connectivity index (χ0) is 16.6.